The third-order valence-corrected chi connectivity index (χ3v) is 2.92. The van der Waals surface area contributed by atoms with Crippen molar-refractivity contribution >= 4 is 11.8 Å². The summed E-state index contributed by atoms with van der Waals surface area (Å²) in [5.41, 5.74) is 5.80. The molecule has 92 valence electrons. The molecule has 0 bridgehead atoms. The Balaban J connectivity index is 2.68. The topological polar surface area (TPSA) is 75.4 Å². The van der Waals surface area contributed by atoms with E-state index in [4.69, 9.17) is 5.73 Å². The number of piperazine rings is 1. The summed E-state index contributed by atoms with van der Waals surface area (Å²) in [4.78, 5) is 25.2. The Kier molecular flexibility index (Phi) is 4.73. The van der Waals surface area contributed by atoms with Crippen LogP contribution in [0.5, 0.6) is 0 Å². The predicted octanol–water partition coefficient (Wildman–Crippen LogP) is -0.149. The summed E-state index contributed by atoms with van der Waals surface area (Å²) in [6.45, 7) is 4.99. The van der Waals surface area contributed by atoms with Gasteiger partial charge < -0.3 is 16.0 Å². The zero-order valence-electron chi connectivity index (χ0n) is 10.0. The third kappa shape index (κ3) is 2.72. The molecule has 1 aliphatic rings. The van der Waals surface area contributed by atoms with Gasteiger partial charge >= 0.3 is 0 Å². The first-order valence-corrected chi connectivity index (χ1v) is 5.95. The summed E-state index contributed by atoms with van der Waals surface area (Å²) in [7, 11) is 0. The molecule has 1 heterocycles. The summed E-state index contributed by atoms with van der Waals surface area (Å²) in [5.74, 6) is -0.158. The zero-order valence-corrected chi connectivity index (χ0v) is 10.0. The fourth-order valence-corrected chi connectivity index (χ4v) is 2.03. The van der Waals surface area contributed by atoms with Gasteiger partial charge in [0.1, 0.15) is 6.04 Å². The highest BCUT2D eigenvalue weighted by molar-refractivity contribution is 5.90. The number of carbonyl (C=O) groups excluding carboxylic acids is 2. The van der Waals surface area contributed by atoms with Crippen molar-refractivity contribution in [1.29, 1.82) is 0 Å². The van der Waals surface area contributed by atoms with Gasteiger partial charge in [0.05, 0.1) is 6.04 Å². The number of nitrogens with two attached hydrogens (primary N) is 1. The van der Waals surface area contributed by atoms with Crippen molar-refractivity contribution in [3.05, 3.63) is 0 Å². The van der Waals surface area contributed by atoms with E-state index in [1.54, 1.807) is 4.90 Å². The molecule has 0 aromatic rings. The first kappa shape index (κ1) is 13.0. The maximum Gasteiger partial charge on any atom is 0.242 e. The number of hydrogen-bond acceptors (Lipinski definition) is 3. The minimum absolute atomic E-state index is 0.0641. The Labute approximate surface area is 96.4 Å². The van der Waals surface area contributed by atoms with Gasteiger partial charge in [-0.2, -0.15) is 0 Å². The Morgan fingerprint density at radius 3 is 2.88 bits per heavy atom. The van der Waals surface area contributed by atoms with Gasteiger partial charge in [-0.1, -0.05) is 20.3 Å². The molecule has 5 nitrogen and oxygen atoms in total. The van der Waals surface area contributed by atoms with Crippen molar-refractivity contribution < 1.29 is 9.59 Å². The van der Waals surface area contributed by atoms with E-state index in [2.05, 4.69) is 5.32 Å². The smallest absolute Gasteiger partial charge is 0.242 e. The van der Waals surface area contributed by atoms with Crippen molar-refractivity contribution in [3.63, 3.8) is 0 Å². The maximum atomic E-state index is 12.0. The molecule has 0 aliphatic carbocycles. The van der Waals surface area contributed by atoms with Gasteiger partial charge in [0.25, 0.3) is 0 Å². The van der Waals surface area contributed by atoms with E-state index < -0.39 is 6.04 Å². The fourth-order valence-electron chi connectivity index (χ4n) is 2.03. The van der Waals surface area contributed by atoms with Crippen molar-refractivity contribution in [2.75, 3.05) is 13.1 Å². The highest BCUT2D eigenvalue weighted by Crippen LogP contribution is 2.11. The van der Waals surface area contributed by atoms with Crippen LogP contribution in [-0.4, -0.2) is 41.9 Å². The third-order valence-electron chi connectivity index (χ3n) is 2.92. The van der Waals surface area contributed by atoms with Crippen molar-refractivity contribution in [3.8, 4) is 0 Å². The SMILES string of the molecule is CCCC(N)C(=O)N1CCNC(=O)C1CC. The molecule has 0 spiro atoms. The molecule has 0 saturated carbocycles. The highest BCUT2D eigenvalue weighted by atomic mass is 16.2. The Hall–Kier alpha value is -1.10. The van der Waals surface area contributed by atoms with E-state index in [0.29, 0.717) is 25.9 Å². The summed E-state index contributed by atoms with van der Waals surface area (Å²) >= 11 is 0. The van der Waals surface area contributed by atoms with E-state index in [1.165, 1.54) is 0 Å². The minimum Gasteiger partial charge on any atom is -0.353 e. The van der Waals surface area contributed by atoms with Crippen LogP contribution >= 0.6 is 0 Å². The molecular weight excluding hydrogens is 206 g/mol. The van der Waals surface area contributed by atoms with Gasteiger partial charge in [-0.25, -0.2) is 0 Å². The first-order valence-electron chi connectivity index (χ1n) is 5.95. The van der Waals surface area contributed by atoms with Gasteiger partial charge in [-0.15, -0.1) is 0 Å². The highest BCUT2D eigenvalue weighted by Gasteiger charge is 2.33. The second-order valence-electron chi connectivity index (χ2n) is 4.14. The molecule has 1 fully saturated rings. The second kappa shape index (κ2) is 5.84. The molecule has 1 saturated heterocycles. The Morgan fingerprint density at radius 2 is 2.31 bits per heavy atom. The van der Waals surface area contributed by atoms with Crippen LogP contribution in [0.1, 0.15) is 33.1 Å². The van der Waals surface area contributed by atoms with Crippen LogP contribution < -0.4 is 11.1 Å². The molecule has 16 heavy (non-hydrogen) atoms. The van der Waals surface area contributed by atoms with E-state index in [0.717, 1.165) is 6.42 Å². The van der Waals surface area contributed by atoms with Crippen LogP contribution in [0, 0.1) is 0 Å². The molecule has 0 aromatic heterocycles. The number of amides is 2. The van der Waals surface area contributed by atoms with Crippen LogP contribution in [0.4, 0.5) is 0 Å². The maximum absolute atomic E-state index is 12.0. The number of nitrogens with zero attached hydrogens (tertiary/aromatic N) is 1. The monoisotopic (exact) mass is 227 g/mol. The minimum atomic E-state index is -0.468. The molecule has 3 N–H and O–H groups in total. The summed E-state index contributed by atoms with van der Waals surface area (Å²) < 4.78 is 0. The largest absolute Gasteiger partial charge is 0.353 e. The Bertz CT molecular complexity index is 268. The van der Waals surface area contributed by atoms with E-state index in [-0.39, 0.29) is 17.9 Å². The molecule has 5 heteroatoms. The number of rotatable bonds is 4. The lowest BCUT2D eigenvalue weighted by atomic mass is 10.1. The molecule has 1 rings (SSSR count). The van der Waals surface area contributed by atoms with Crippen molar-refractivity contribution in [2.24, 2.45) is 5.73 Å². The second-order valence-corrected chi connectivity index (χ2v) is 4.14. The van der Waals surface area contributed by atoms with Gasteiger partial charge in [-0.05, 0) is 12.8 Å². The number of hydrogen-bond donors (Lipinski definition) is 2. The summed E-state index contributed by atoms with van der Waals surface area (Å²) in [5, 5.41) is 2.77. The normalized spacial score (nSPS) is 22.8. The first-order chi connectivity index (χ1) is 7.61. The van der Waals surface area contributed by atoms with Gasteiger partial charge in [0.2, 0.25) is 11.8 Å². The van der Waals surface area contributed by atoms with Gasteiger partial charge in [-0.3, -0.25) is 9.59 Å². The molecule has 0 aromatic carbocycles. The predicted molar refractivity (Wildman–Crippen MR) is 61.7 cm³/mol. The molecule has 2 atom stereocenters. The van der Waals surface area contributed by atoms with Crippen molar-refractivity contribution in [2.45, 2.75) is 45.2 Å². The molecule has 0 radical (unpaired) electrons. The van der Waals surface area contributed by atoms with Crippen LogP contribution in [0.25, 0.3) is 0 Å². The van der Waals surface area contributed by atoms with Gasteiger partial charge in [0, 0.05) is 13.1 Å². The fraction of sp³-hybridized carbons (Fsp3) is 0.818. The molecular formula is C11H21N3O2. The summed E-state index contributed by atoms with van der Waals surface area (Å²) in [6.07, 6.45) is 2.19. The lowest BCUT2D eigenvalue weighted by molar-refractivity contribution is -0.144. The van der Waals surface area contributed by atoms with Gasteiger partial charge in [0.15, 0.2) is 0 Å². The lowest BCUT2D eigenvalue weighted by Crippen LogP contribution is -2.59. The summed E-state index contributed by atoms with van der Waals surface area (Å²) in [6, 6.07) is -0.811. The van der Waals surface area contributed by atoms with E-state index in [9.17, 15) is 9.59 Å². The number of nitrogens with one attached hydrogen (secondary N) is 1. The average Bonchev–Trinajstić information content (AvgIpc) is 2.28. The lowest BCUT2D eigenvalue weighted by Gasteiger charge is -2.36. The van der Waals surface area contributed by atoms with Crippen LogP contribution in [0.3, 0.4) is 0 Å². The quantitative estimate of drug-likeness (QED) is 0.701. The van der Waals surface area contributed by atoms with Crippen LogP contribution in [-0.2, 0) is 9.59 Å². The zero-order chi connectivity index (χ0) is 12.1. The van der Waals surface area contributed by atoms with Crippen LogP contribution in [0.15, 0.2) is 0 Å². The standard InChI is InChI=1S/C11H21N3O2/c1-3-5-8(12)11(16)14-7-6-13-10(15)9(14)4-2/h8-9H,3-7,12H2,1-2H3,(H,13,15). The molecule has 1 aliphatic heterocycles. The molecule has 2 amide bonds. The van der Waals surface area contributed by atoms with E-state index >= 15 is 0 Å². The number of carbonyl (C=O) groups is 2. The van der Waals surface area contributed by atoms with Crippen LogP contribution in [0.2, 0.25) is 0 Å². The van der Waals surface area contributed by atoms with Crippen molar-refractivity contribution in [1.82, 2.24) is 10.2 Å². The Morgan fingerprint density at radius 1 is 1.62 bits per heavy atom. The average molecular weight is 227 g/mol. The van der Waals surface area contributed by atoms with E-state index in [1.807, 2.05) is 13.8 Å². The molecule has 2 unspecified atom stereocenters.